The number of non-ortho nitro benzene ring substituents is 1. The van der Waals surface area contributed by atoms with Crippen LogP contribution in [0.2, 0.25) is 0 Å². The number of amides is 1. The molecule has 1 amide bonds. The van der Waals surface area contributed by atoms with E-state index >= 15 is 0 Å². The molecule has 0 radical (unpaired) electrons. The van der Waals surface area contributed by atoms with E-state index in [1.54, 1.807) is 6.07 Å². The fourth-order valence-corrected chi connectivity index (χ4v) is 4.57. The first-order valence-corrected chi connectivity index (χ1v) is 11.7. The van der Waals surface area contributed by atoms with Crippen LogP contribution in [0.25, 0.3) is 10.9 Å². The van der Waals surface area contributed by atoms with Crippen molar-refractivity contribution in [2.24, 2.45) is 11.3 Å². The number of carbonyl (C=O) groups excluding carboxylic acids is 2. The van der Waals surface area contributed by atoms with Crippen LogP contribution in [-0.4, -0.2) is 27.9 Å². The van der Waals surface area contributed by atoms with Crippen LogP contribution in [-0.2, 0) is 22.4 Å². The Morgan fingerprint density at radius 3 is 2.63 bits per heavy atom. The minimum absolute atomic E-state index is 0.0793. The largest absolute Gasteiger partial charge is 0.449 e. The van der Waals surface area contributed by atoms with Gasteiger partial charge in [0.15, 0.2) is 6.10 Å². The Hall–Kier alpha value is -3.81. The molecule has 8 heteroatoms. The number of nitrogens with one attached hydrogen (secondary N) is 1. The molecule has 0 saturated heterocycles. The molecule has 0 spiro atoms. The topological polar surface area (TPSA) is 111 Å². The van der Waals surface area contributed by atoms with Gasteiger partial charge in [-0.2, -0.15) is 0 Å². The summed E-state index contributed by atoms with van der Waals surface area (Å²) in [5.41, 5.74) is 3.19. The molecule has 35 heavy (non-hydrogen) atoms. The van der Waals surface area contributed by atoms with Gasteiger partial charge in [-0.05, 0) is 55.2 Å². The fraction of sp³-hybridized carbons (Fsp3) is 0.370. The van der Waals surface area contributed by atoms with Gasteiger partial charge in [0, 0.05) is 28.9 Å². The number of nitro groups is 1. The van der Waals surface area contributed by atoms with Crippen LogP contribution in [0.1, 0.15) is 55.7 Å². The van der Waals surface area contributed by atoms with Gasteiger partial charge in [0.2, 0.25) is 0 Å². The lowest BCUT2D eigenvalue weighted by Gasteiger charge is -2.35. The lowest BCUT2D eigenvalue weighted by Crippen LogP contribution is -2.32. The van der Waals surface area contributed by atoms with Gasteiger partial charge in [0.05, 0.1) is 16.0 Å². The van der Waals surface area contributed by atoms with Crippen molar-refractivity contribution in [1.82, 2.24) is 4.98 Å². The van der Waals surface area contributed by atoms with E-state index in [0.29, 0.717) is 16.9 Å². The van der Waals surface area contributed by atoms with Crippen molar-refractivity contribution in [2.75, 3.05) is 5.32 Å². The molecule has 4 rings (SSSR count). The molecular weight excluding hydrogens is 446 g/mol. The molecule has 0 aliphatic heterocycles. The van der Waals surface area contributed by atoms with E-state index in [1.165, 1.54) is 25.1 Å². The first-order valence-electron chi connectivity index (χ1n) is 11.7. The molecule has 2 unspecified atom stereocenters. The molecule has 0 fully saturated rings. The summed E-state index contributed by atoms with van der Waals surface area (Å²) in [6, 6.07) is 13.1. The van der Waals surface area contributed by atoms with Gasteiger partial charge in [0.1, 0.15) is 0 Å². The number of nitrogens with zero attached hydrogens (tertiary/aromatic N) is 2. The Bertz CT molecular complexity index is 1310. The van der Waals surface area contributed by atoms with Crippen molar-refractivity contribution in [3.05, 3.63) is 75.5 Å². The predicted octanol–water partition coefficient (Wildman–Crippen LogP) is 5.48. The highest BCUT2D eigenvalue weighted by Crippen LogP contribution is 2.39. The van der Waals surface area contributed by atoms with E-state index in [4.69, 9.17) is 9.72 Å². The van der Waals surface area contributed by atoms with Gasteiger partial charge in [-0.1, -0.05) is 45.0 Å². The molecule has 3 aromatic rings. The Morgan fingerprint density at radius 1 is 1.17 bits per heavy atom. The number of hydrogen-bond acceptors (Lipinski definition) is 6. The summed E-state index contributed by atoms with van der Waals surface area (Å²) >= 11 is 0. The van der Waals surface area contributed by atoms with Crippen LogP contribution in [0, 0.1) is 21.4 Å². The van der Waals surface area contributed by atoms with Gasteiger partial charge < -0.3 is 10.1 Å². The highest BCUT2D eigenvalue weighted by Gasteiger charge is 2.33. The molecule has 8 nitrogen and oxygen atoms in total. The Balaban J connectivity index is 1.61. The molecule has 2 atom stereocenters. The number of pyridine rings is 1. The second kappa shape index (κ2) is 9.44. The van der Waals surface area contributed by atoms with Crippen LogP contribution >= 0.6 is 0 Å². The maximum Gasteiger partial charge on any atom is 0.339 e. The quantitative estimate of drug-likeness (QED) is 0.297. The van der Waals surface area contributed by atoms with Gasteiger partial charge in [-0.3, -0.25) is 19.9 Å². The third-order valence-corrected chi connectivity index (χ3v) is 6.67. The summed E-state index contributed by atoms with van der Waals surface area (Å²) in [5, 5.41) is 14.3. The number of benzene rings is 2. The summed E-state index contributed by atoms with van der Waals surface area (Å²) in [6.07, 6.45) is 1.39. The first kappa shape index (κ1) is 24.3. The van der Waals surface area contributed by atoms with E-state index in [2.05, 4.69) is 26.1 Å². The number of nitro benzene ring substituents is 1. The smallest absolute Gasteiger partial charge is 0.339 e. The first-order chi connectivity index (χ1) is 16.5. The monoisotopic (exact) mass is 475 g/mol. The van der Waals surface area contributed by atoms with Crippen LogP contribution < -0.4 is 5.32 Å². The maximum atomic E-state index is 13.5. The summed E-state index contributed by atoms with van der Waals surface area (Å²) < 4.78 is 5.63. The van der Waals surface area contributed by atoms with E-state index < -0.39 is 22.9 Å². The molecule has 0 bridgehead atoms. The van der Waals surface area contributed by atoms with Crippen LogP contribution in [0.3, 0.4) is 0 Å². The fourth-order valence-electron chi connectivity index (χ4n) is 4.57. The van der Waals surface area contributed by atoms with Crippen molar-refractivity contribution in [1.29, 1.82) is 0 Å². The van der Waals surface area contributed by atoms with Crippen molar-refractivity contribution < 1.29 is 19.2 Å². The number of ether oxygens (including phenoxy) is 1. The summed E-state index contributed by atoms with van der Waals surface area (Å²) in [4.78, 5) is 41.5. The standard InChI is InChI=1S/C27H29N3O5/c1-16(25(31)28-18-8-7-9-19(15-18)30(33)34)35-26(32)24-20-10-5-6-11-22(20)29-23-13-12-17(14-21(23)24)27(2,3)4/h5-11,15-17H,12-14H2,1-4H3,(H,28,31). The number of aromatic nitrogens is 1. The van der Waals surface area contributed by atoms with E-state index in [1.807, 2.05) is 24.3 Å². The van der Waals surface area contributed by atoms with E-state index in [-0.39, 0.29) is 16.8 Å². The zero-order valence-electron chi connectivity index (χ0n) is 20.3. The summed E-state index contributed by atoms with van der Waals surface area (Å²) in [7, 11) is 0. The van der Waals surface area contributed by atoms with Crippen molar-refractivity contribution >= 4 is 34.2 Å². The number of anilines is 1. The number of aryl methyl sites for hydroxylation is 1. The minimum atomic E-state index is -1.11. The predicted molar refractivity (Wildman–Crippen MR) is 133 cm³/mol. The molecule has 1 aliphatic rings. The number of fused-ring (bicyclic) bond motifs is 2. The second-order valence-corrected chi connectivity index (χ2v) is 10.1. The number of hydrogen-bond donors (Lipinski definition) is 1. The molecular formula is C27H29N3O5. The highest BCUT2D eigenvalue weighted by molar-refractivity contribution is 6.06. The summed E-state index contributed by atoms with van der Waals surface area (Å²) in [6.45, 7) is 8.10. The third kappa shape index (κ3) is 5.16. The van der Waals surface area contributed by atoms with E-state index in [0.717, 1.165) is 36.0 Å². The molecule has 1 N–H and O–H groups in total. The van der Waals surface area contributed by atoms with Gasteiger partial charge in [-0.25, -0.2) is 4.79 Å². The lowest BCUT2D eigenvalue weighted by molar-refractivity contribution is -0.384. The number of rotatable bonds is 5. The molecule has 1 aromatic heterocycles. The molecule has 1 heterocycles. The maximum absolute atomic E-state index is 13.5. The molecule has 2 aromatic carbocycles. The summed E-state index contributed by atoms with van der Waals surface area (Å²) in [5.74, 6) is -0.756. The van der Waals surface area contributed by atoms with Crippen molar-refractivity contribution in [3.8, 4) is 0 Å². The van der Waals surface area contributed by atoms with Crippen molar-refractivity contribution in [2.45, 2.75) is 53.1 Å². The number of carbonyl (C=O) groups is 2. The Labute approximate surface area is 203 Å². The van der Waals surface area contributed by atoms with Crippen LogP contribution in [0.5, 0.6) is 0 Å². The average molecular weight is 476 g/mol. The average Bonchev–Trinajstić information content (AvgIpc) is 2.81. The lowest BCUT2D eigenvalue weighted by atomic mass is 9.70. The molecule has 0 saturated carbocycles. The number of para-hydroxylation sites is 1. The van der Waals surface area contributed by atoms with Gasteiger partial charge in [-0.15, -0.1) is 0 Å². The SMILES string of the molecule is CC(OC(=O)c1c2c(nc3ccccc13)CCC(C(C)(C)C)C2)C(=O)Nc1cccc([N+](=O)[O-])c1. The third-order valence-electron chi connectivity index (χ3n) is 6.67. The van der Waals surface area contributed by atoms with Crippen LogP contribution in [0.15, 0.2) is 48.5 Å². The van der Waals surface area contributed by atoms with Crippen LogP contribution in [0.4, 0.5) is 11.4 Å². The van der Waals surface area contributed by atoms with E-state index in [9.17, 15) is 19.7 Å². The Morgan fingerprint density at radius 2 is 1.91 bits per heavy atom. The number of esters is 1. The zero-order chi connectivity index (χ0) is 25.3. The van der Waals surface area contributed by atoms with Gasteiger partial charge in [0.25, 0.3) is 11.6 Å². The minimum Gasteiger partial charge on any atom is -0.449 e. The normalized spacial score (nSPS) is 16.3. The molecule has 182 valence electrons. The highest BCUT2D eigenvalue weighted by atomic mass is 16.6. The Kier molecular flexibility index (Phi) is 6.56. The van der Waals surface area contributed by atoms with Crippen molar-refractivity contribution in [3.63, 3.8) is 0 Å². The second-order valence-electron chi connectivity index (χ2n) is 10.1. The molecule has 1 aliphatic carbocycles. The zero-order valence-corrected chi connectivity index (χ0v) is 20.3. The van der Waals surface area contributed by atoms with Gasteiger partial charge >= 0.3 is 5.97 Å².